The molecule has 1 aromatic carbocycles. The van der Waals surface area contributed by atoms with Gasteiger partial charge in [-0.1, -0.05) is 11.6 Å². The van der Waals surface area contributed by atoms with Crippen LogP contribution >= 0.6 is 11.6 Å². The van der Waals surface area contributed by atoms with Crippen LogP contribution in [0, 0.1) is 0 Å². The smallest absolute Gasteiger partial charge is 0.387 e. The Hall–Kier alpha value is -1.60. The third kappa shape index (κ3) is 5.65. The molecule has 1 aromatic rings. The van der Waals surface area contributed by atoms with E-state index in [0.717, 1.165) is 0 Å². The molecular formula is C14H19ClF2N2O3. The van der Waals surface area contributed by atoms with Crippen molar-refractivity contribution in [3.63, 3.8) is 0 Å². The molecule has 0 aliphatic carbocycles. The number of alkyl halides is 2. The summed E-state index contributed by atoms with van der Waals surface area (Å²) in [7, 11) is 0. The first-order valence-corrected chi connectivity index (χ1v) is 7.08. The standard InChI is InChI=1S/C14H19ClF2N2O3/c1-8(2)19(7-9(3)20)14(21)18-10-4-5-11(15)12(6-10)22-13(16)17/h4-6,8-9,13,20H,7H2,1-3H3,(H,18,21). The first-order chi connectivity index (χ1) is 10.2. The lowest BCUT2D eigenvalue weighted by Crippen LogP contribution is -2.43. The molecule has 1 atom stereocenters. The van der Waals surface area contributed by atoms with E-state index in [-0.39, 0.29) is 29.0 Å². The fourth-order valence-electron chi connectivity index (χ4n) is 1.78. The van der Waals surface area contributed by atoms with Gasteiger partial charge in [-0.05, 0) is 32.9 Å². The van der Waals surface area contributed by atoms with Crippen LogP contribution in [0.4, 0.5) is 19.3 Å². The van der Waals surface area contributed by atoms with Gasteiger partial charge in [0.05, 0.1) is 11.1 Å². The summed E-state index contributed by atoms with van der Waals surface area (Å²) in [6, 6.07) is 3.44. The Balaban J connectivity index is 2.86. The maximum Gasteiger partial charge on any atom is 0.387 e. The topological polar surface area (TPSA) is 61.8 Å². The lowest BCUT2D eigenvalue weighted by molar-refractivity contribution is -0.0497. The summed E-state index contributed by atoms with van der Waals surface area (Å²) in [5, 5.41) is 12.0. The average Bonchev–Trinajstić information content (AvgIpc) is 2.38. The van der Waals surface area contributed by atoms with Crippen LogP contribution in [0.3, 0.4) is 0 Å². The van der Waals surface area contributed by atoms with Gasteiger partial charge in [-0.2, -0.15) is 8.78 Å². The van der Waals surface area contributed by atoms with Gasteiger partial charge in [0.25, 0.3) is 0 Å². The van der Waals surface area contributed by atoms with Crippen molar-refractivity contribution in [3.8, 4) is 5.75 Å². The number of benzene rings is 1. The molecule has 8 heteroatoms. The van der Waals surface area contributed by atoms with Crippen LogP contribution in [0.15, 0.2) is 18.2 Å². The molecule has 0 fully saturated rings. The number of hydrogen-bond donors (Lipinski definition) is 2. The normalized spacial score (nSPS) is 12.4. The number of amides is 2. The highest BCUT2D eigenvalue weighted by Crippen LogP contribution is 2.29. The van der Waals surface area contributed by atoms with Crippen LogP contribution in [0.1, 0.15) is 20.8 Å². The van der Waals surface area contributed by atoms with Crippen molar-refractivity contribution in [2.45, 2.75) is 39.5 Å². The number of nitrogens with one attached hydrogen (secondary N) is 1. The van der Waals surface area contributed by atoms with Gasteiger partial charge in [-0.3, -0.25) is 0 Å². The monoisotopic (exact) mass is 336 g/mol. The highest BCUT2D eigenvalue weighted by Gasteiger charge is 2.19. The first kappa shape index (κ1) is 18.4. The Morgan fingerprint density at radius 2 is 2.05 bits per heavy atom. The number of aliphatic hydroxyl groups is 1. The van der Waals surface area contributed by atoms with E-state index in [1.807, 2.05) is 0 Å². The van der Waals surface area contributed by atoms with Gasteiger partial charge in [0.2, 0.25) is 0 Å². The molecule has 1 rings (SSSR count). The van der Waals surface area contributed by atoms with E-state index in [1.54, 1.807) is 20.8 Å². The molecule has 0 aliphatic heterocycles. The molecule has 0 saturated heterocycles. The van der Waals surface area contributed by atoms with E-state index < -0.39 is 18.7 Å². The zero-order valence-electron chi connectivity index (χ0n) is 12.5. The molecule has 0 heterocycles. The van der Waals surface area contributed by atoms with Gasteiger partial charge < -0.3 is 20.1 Å². The van der Waals surface area contributed by atoms with Gasteiger partial charge >= 0.3 is 12.6 Å². The van der Waals surface area contributed by atoms with Crippen molar-refractivity contribution >= 4 is 23.3 Å². The maximum atomic E-state index is 12.3. The summed E-state index contributed by atoms with van der Waals surface area (Å²) in [6.07, 6.45) is -0.684. The number of ether oxygens (including phenoxy) is 1. The van der Waals surface area contributed by atoms with Gasteiger partial charge in [-0.25, -0.2) is 4.79 Å². The van der Waals surface area contributed by atoms with Crippen LogP contribution in [-0.4, -0.2) is 41.3 Å². The van der Waals surface area contributed by atoms with Gasteiger partial charge in [0.1, 0.15) is 5.75 Å². The van der Waals surface area contributed by atoms with E-state index >= 15 is 0 Å². The minimum atomic E-state index is -3.01. The fraction of sp³-hybridized carbons (Fsp3) is 0.500. The number of carbonyl (C=O) groups is 1. The summed E-state index contributed by atoms with van der Waals surface area (Å²) >= 11 is 5.74. The second-order valence-electron chi connectivity index (χ2n) is 5.05. The molecule has 0 bridgehead atoms. The zero-order chi connectivity index (χ0) is 16.9. The Morgan fingerprint density at radius 1 is 1.41 bits per heavy atom. The third-order valence-corrected chi connectivity index (χ3v) is 3.06. The van der Waals surface area contributed by atoms with Gasteiger partial charge in [-0.15, -0.1) is 0 Å². The Bertz CT molecular complexity index is 513. The molecule has 22 heavy (non-hydrogen) atoms. The van der Waals surface area contributed by atoms with E-state index in [9.17, 15) is 18.7 Å². The Labute approximate surface area is 132 Å². The summed E-state index contributed by atoms with van der Waals surface area (Å²) in [4.78, 5) is 13.6. The molecule has 0 aliphatic rings. The molecule has 2 N–H and O–H groups in total. The van der Waals surface area contributed by atoms with Gasteiger partial charge in [0, 0.05) is 24.3 Å². The molecule has 0 radical (unpaired) electrons. The Kier molecular flexibility index (Phi) is 6.83. The van der Waals surface area contributed by atoms with E-state index in [0.29, 0.717) is 0 Å². The quantitative estimate of drug-likeness (QED) is 0.835. The minimum Gasteiger partial charge on any atom is -0.433 e. The van der Waals surface area contributed by atoms with Crippen molar-refractivity contribution in [2.24, 2.45) is 0 Å². The molecule has 1 unspecified atom stereocenters. The second-order valence-corrected chi connectivity index (χ2v) is 5.46. The molecule has 0 spiro atoms. The Morgan fingerprint density at radius 3 is 2.55 bits per heavy atom. The van der Waals surface area contributed by atoms with Crippen molar-refractivity contribution in [1.29, 1.82) is 0 Å². The van der Waals surface area contributed by atoms with Crippen molar-refractivity contribution in [3.05, 3.63) is 23.2 Å². The number of anilines is 1. The van der Waals surface area contributed by atoms with E-state index in [4.69, 9.17) is 11.6 Å². The maximum absolute atomic E-state index is 12.3. The summed E-state index contributed by atoms with van der Waals surface area (Å²) in [6.45, 7) is 2.31. The zero-order valence-corrected chi connectivity index (χ0v) is 13.3. The van der Waals surface area contributed by atoms with Crippen LogP contribution in [0.5, 0.6) is 5.75 Å². The fourth-order valence-corrected chi connectivity index (χ4v) is 1.94. The number of rotatable bonds is 6. The largest absolute Gasteiger partial charge is 0.433 e. The molecule has 124 valence electrons. The average molecular weight is 337 g/mol. The van der Waals surface area contributed by atoms with Crippen LogP contribution < -0.4 is 10.1 Å². The van der Waals surface area contributed by atoms with Crippen molar-refractivity contribution in [1.82, 2.24) is 4.90 Å². The lowest BCUT2D eigenvalue weighted by Gasteiger charge is -2.28. The van der Waals surface area contributed by atoms with Gasteiger partial charge in [0.15, 0.2) is 0 Å². The van der Waals surface area contributed by atoms with E-state index in [1.165, 1.54) is 23.1 Å². The minimum absolute atomic E-state index is 0.0167. The molecule has 0 saturated carbocycles. The lowest BCUT2D eigenvalue weighted by atomic mass is 10.2. The molecule has 2 amide bonds. The number of aliphatic hydroxyl groups excluding tert-OH is 1. The number of carbonyl (C=O) groups excluding carboxylic acids is 1. The highest BCUT2D eigenvalue weighted by atomic mass is 35.5. The van der Waals surface area contributed by atoms with Crippen LogP contribution in [0.25, 0.3) is 0 Å². The SMILES string of the molecule is CC(O)CN(C(=O)Nc1ccc(Cl)c(OC(F)F)c1)C(C)C. The van der Waals surface area contributed by atoms with Crippen LogP contribution in [0.2, 0.25) is 5.02 Å². The van der Waals surface area contributed by atoms with Crippen molar-refractivity contribution < 1.29 is 23.4 Å². The molecule has 5 nitrogen and oxygen atoms in total. The number of halogens is 3. The predicted molar refractivity (Wildman–Crippen MR) is 80.6 cm³/mol. The number of urea groups is 1. The first-order valence-electron chi connectivity index (χ1n) is 6.70. The van der Waals surface area contributed by atoms with Crippen LogP contribution in [-0.2, 0) is 0 Å². The molecule has 0 aromatic heterocycles. The van der Waals surface area contributed by atoms with E-state index in [2.05, 4.69) is 10.1 Å². The summed E-state index contributed by atoms with van der Waals surface area (Å²) in [5.74, 6) is -0.221. The third-order valence-electron chi connectivity index (χ3n) is 2.74. The predicted octanol–water partition coefficient (Wildman–Crippen LogP) is 3.56. The number of hydrogen-bond acceptors (Lipinski definition) is 3. The molecular weight excluding hydrogens is 318 g/mol. The number of nitrogens with zero attached hydrogens (tertiary/aromatic N) is 1. The van der Waals surface area contributed by atoms with Crippen molar-refractivity contribution in [2.75, 3.05) is 11.9 Å². The second kappa shape index (κ2) is 8.14. The summed E-state index contributed by atoms with van der Waals surface area (Å²) < 4.78 is 28.8. The summed E-state index contributed by atoms with van der Waals surface area (Å²) in [5.41, 5.74) is 0.265. The highest BCUT2D eigenvalue weighted by molar-refractivity contribution is 6.32.